The Balaban J connectivity index is 1.47. The molecule has 10 nitrogen and oxygen atoms in total. The van der Waals surface area contributed by atoms with Gasteiger partial charge in [-0.15, -0.1) is 21.5 Å². The van der Waals surface area contributed by atoms with Crippen LogP contribution < -0.4 is 15.4 Å². The molecule has 0 spiro atoms. The molecule has 1 atom stereocenters. The van der Waals surface area contributed by atoms with Gasteiger partial charge in [-0.05, 0) is 63.6 Å². The zero-order chi connectivity index (χ0) is 29.4. The summed E-state index contributed by atoms with van der Waals surface area (Å²) in [5, 5.41) is 15.2. The van der Waals surface area contributed by atoms with Crippen LogP contribution in [0.5, 0.6) is 5.75 Å². The Morgan fingerprint density at radius 1 is 1.15 bits per heavy atom. The molecule has 41 heavy (non-hydrogen) atoms. The number of benzene rings is 1. The summed E-state index contributed by atoms with van der Waals surface area (Å²) in [5.41, 5.74) is 1.94. The van der Waals surface area contributed by atoms with E-state index in [9.17, 15) is 14.4 Å². The van der Waals surface area contributed by atoms with E-state index in [1.807, 2.05) is 10.6 Å². The summed E-state index contributed by atoms with van der Waals surface area (Å²) in [6.45, 7) is 6.79. The monoisotopic (exact) mass is 599 g/mol. The van der Waals surface area contributed by atoms with E-state index in [4.69, 9.17) is 9.47 Å². The van der Waals surface area contributed by atoms with Crippen molar-refractivity contribution in [2.75, 3.05) is 19.0 Å². The molecular formula is C29H37N5O5S2. The van der Waals surface area contributed by atoms with Gasteiger partial charge in [0.2, 0.25) is 5.91 Å². The third kappa shape index (κ3) is 7.28. The number of nitrogens with zero attached hydrogens (tertiary/aromatic N) is 3. The molecule has 1 aromatic carbocycles. The van der Waals surface area contributed by atoms with Crippen LogP contribution in [0.1, 0.15) is 83.4 Å². The van der Waals surface area contributed by atoms with Crippen molar-refractivity contribution < 1.29 is 23.9 Å². The van der Waals surface area contributed by atoms with Gasteiger partial charge in [-0.2, -0.15) is 0 Å². The maximum atomic E-state index is 13.3. The number of unbranched alkanes of at least 4 members (excludes halogenated alkanes) is 1. The van der Waals surface area contributed by atoms with E-state index in [1.54, 1.807) is 32.0 Å². The number of thiophene rings is 1. The SMILES string of the molecule is CCCCn1c(CNC(=O)c2ccccc2OC)nnc1S[C@H](C)C(=O)Nc1sc2c(c1C(=O)OCC)CCCC2. The number of esters is 1. The van der Waals surface area contributed by atoms with Crippen LogP contribution in [-0.2, 0) is 35.5 Å². The van der Waals surface area contributed by atoms with Crippen LogP contribution in [0.4, 0.5) is 5.00 Å². The number of amides is 2. The number of anilines is 1. The van der Waals surface area contributed by atoms with E-state index < -0.39 is 5.25 Å². The highest BCUT2D eigenvalue weighted by Crippen LogP contribution is 2.39. The molecule has 0 unspecified atom stereocenters. The second kappa shape index (κ2) is 14.5. The molecule has 0 bridgehead atoms. The number of nitrogens with one attached hydrogen (secondary N) is 2. The molecule has 1 aliphatic rings. The Morgan fingerprint density at radius 2 is 1.93 bits per heavy atom. The minimum absolute atomic E-state index is 0.179. The first kappa shape index (κ1) is 30.6. The van der Waals surface area contributed by atoms with Crippen molar-refractivity contribution in [3.8, 4) is 5.75 Å². The number of aromatic nitrogens is 3. The lowest BCUT2D eigenvalue weighted by Gasteiger charge is -2.15. The highest BCUT2D eigenvalue weighted by atomic mass is 32.2. The number of hydrogen-bond donors (Lipinski definition) is 2. The molecule has 0 saturated carbocycles. The zero-order valence-corrected chi connectivity index (χ0v) is 25.6. The maximum Gasteiger partial charge on any atom is 0.341 e. The van der Waals surface area contributed by atoms with E-state index >= 15 is 0 Å². The summed E-state index contributed by atoms with van der Waals surface area (Å²) in [5.74, 6) is 0.209. The van der Waals surface area contributed by atoms with Gasteiger partial charge < -0.3 is 24.7 Å². The van der Waals surface area contributed by atoms with Crippen molar-refractivity contribution in [1.29, 1.82) is 0 Å². The van der Waals surface area contributed by atoms with E-state index in [2.05, 4.69) is 27.8 Å². The molecule has 2 aromatic heterocycles. The molecule has 12 heteroatoms. The van der Waals surface area contributed by atoms with Gasteiger partial charge in [-0.25, -0.2) is 4.79 Å². The van der Waals surface area contributed by atoms with Gasteiger partial charge in [0.25, 0.3) is 5.91 Å². The molecule has 0 saturated heterocycles. The number of carbonyl (C=O) groups excluding carboxylic acids is 3. The number of fused-ring (bicyclic) bond motifs is 1. The molecule has 3 aromatic rings. The maximum absolute atomic E-state index is 13.3. The number of ether oxygens (including phenoxy) is 2. The summed E-state index contributed by atoms with van der Waals surface area (Å²) in [7, 11) is 1.53. The first-order valence-corrected chi connectivity index (χ1v) is 15.7. The van der Waals surface area contributed by atoms with Gasteiger partial charge in [0.05, 0.1) is 36.6 Å². The number of methoxy groups -OCH3 is 1. The summed E-state index contributed by atoms with van der Waals surface area (Å²) < 4.78 is 12.6. The number of aryl methyl sites for hydroxylation is 1. The topological polar surface area (TPSA) is 124 Å². The van der Waals surface area contributed by atoms with Crippen molar-refractivity contribution in [3.05, 3.63) is 51.7 Å². The van der Waals surface area contributed by atoms with E-state index in [0.717, 1.165) is 49.0 Å². The first-order chi connectivity index (χ1) is 19.9. The number of thioether (sulfide) groups is 1. The Morgan fingerprint density at radius 3 is 2.68 bits per heavy atom. The molecule has 2 heterocycles. The van der Waals surface area contributed by atoms with Gasteiger partial charge in [0.15, 0.2) is 11.0 Å². The third-order valence-electron chi connectivity index (χ3n) is 6.83. The highest BCUT2D eigenvalue weighted by Gasteiger charge is 2.29. The average molecular weight is 600 g/mol. The van der Waals surface area contributed by atoms with Crippen LogP contribution in [-0.4, -0.2) is 51.5 Å². The lowest BCUT2D eigenvalue weighted by atomic mass is 9.95. The van der Waals surface area contributed by atoms with Crippen LogP contribution in [0.25, 0.3) is 0 Å². The van der Waals surface area contributed by atoms with Crippen LogP contribution >= 0.6 is 23.1 Å². The van der Waals surface area contributed by atoms with E-state index in [1.165, 1.54) is 30.2 Å². The highest BCUT2D eigenvalue weighted by molar-refractivity contribution is 8.00. The summed E-state index contributed by atoms with van der Waals surface area (Å²) in [6.07, 6.45) is 5.67. The van der Waals surface area contributed by atoms with Gasteiger partial charge in [-0.1, -0.05) is 37.2 Å². The van der Waals surface area contributed by atoms with Crippen LogP contribution in [0.2, 0.25) is 0 Å². The fraction of sp³-hybridized carbons (Fsp3) is 0.483. The molecule has 0 radical (unpaired) electrons. The minimum atomic E-state index is -0.509. The Hall–Kier alpha value is -3.38. The molecule has 0 aliphatic heterocycles. The van der Waals surface area contributed by atoms with Crippen molar-refractivity contribution in [3.63, 3.8) is 0 Å². The molecule has 220 valence electrons. The second-order valence-corrected chi connectivity index (χ2v) is 12.1. The Kier molecular flexibility index (Phi) is 10.8. The summed E-state index contributed by atoms with van der Waals surface area (Å²) >= 11 is 2.77. The van der Waals surface area contributed by atoms with Crippen LogP contribution in [0.15, 0.2) is 29.4 Å². The fourth-order valence-electron chi connectivity index (χ4n) is 4.66. The predicted molar refractivity (Wildman–Crippen MR) is 160 cm³/mol. The third-order valence-corrected chi connectivity index (χ3v) is 9.11. The lowest BCUT2D eigenvalue weighted by Crippen LogP contribution is -2.26. The van der Waals surface area contributed by atoms with Gasteiger partial charge in [0, 0.05) is 11.4 Å². The zero-order valence-electron chi connectivity index (χ0n) is 24.0. The van der Waals surface area contributed by atoms with E-state index in [0.29, 0.717) is 39.4 Å². The van der Waals surface area contributed by atoms with E-state index in [-0.39, 0.29) is 30.9 Å². The summed E-state index contributed by atoms with van der Waals surface area (Å²) in [6, 6.07) is 7.03. The Labute approximate surface area is 248 Å². The van der Waals surface area contributed by atoms with Crippen molar-refractivity contribution in [1.82, 2.24) is 20.1 Å². The van der Waals surface area contributed by atoms with Gasteiger partial charge >= 0.3 is 5.97 Å². The largest absolute Gasteiger partial charge is 0.496 e. The standard InChI is InChI=1S/C29H37N5O5S2/c1-5-7-16-34-23(17-30-26(36)19-12-8-10-14-21(19)38-4)32-33-29(34)40-18(3)25(35)31-27-24(28(37)39-6-2)20-13-9-11-15-22(20)41-27/h8,10,12,14,18H,5-7,9,11,13,15-17H2,1-4H3,(H,30,36)(H,31,35)/t18-/m1/s1. The Bertz CT molecular complexity index is 1390. The second-order valence-electron chi connectivity index (χ2n) is 9.67. The molecule has 2 amide bonds. The van der Waals surface area contributed by atoms with Crippen molar-refractivity contribution in [2.24, 2.45) is 0 Å². The van der Waals surface area contributed by atoms with Crippen molar-refractivity contribution >= 4 is 45.9 Å². The number of rotatable bonds is 13. The quantitative estimate of drug-likeness (QED) is 0.202. The normalized spacial score (nSPS) is 13.3. The fourth-order valence-corrected chi connectivity index (χ4v) is 6.84. The molecule has 4 rings (SSSR count). The number of para-hydroxylation sites is 1. The van der Waals surface area contributed by atoms with Crippen LogP contribution in [0, 0.1) is 0 Å². The van der Waals surface area contributed by atoms with Gasteiger partial charge in [-0.3, -0.25) is 9.59 Å². The van der Waals surface area contributed by atoms with Gasteiger partial charge in [0.1, 0.15) is 10.8 Å². The lowest BCUT2D eigenvalue weighted by molar-refractivity contribution is -0.115. The van der Waals surface area contributed by atoms with Crippen molar-refractivity contribution in [2.45, 2.75) is 82.8 Å². The molecular weight excluding hydrogens is 562 g/mol. The number of carbonyl (C=O) groups is 3. The predicted octanol–water partition coefficient (Wildman–Crippen LogP) is 5.25. The smallest absolute Gasteiger partial charge is 0.341 e. The molecule has 0 fully saturated rings. The summed E-state index contributed by atoms with van der Waals surface area (Å²) in [4.78, 5) is 40.1. The average Bonchev–Trinajstić information content (AvgIpc) is 3.54. The number of hydrogen-bond acceptors (Lipinski definition) is 9. The molecule has 2 N–H and O–H groups in total. The minimum Gasteiger partial charge on any atom is -0.496 e. The first-order valence-electron chi connectivity index (χ1n) is 14.0. The van der Waals surface area contributed by atoms with Crippen LogP contribution in [0.3, 0.4) is 0 Å². The molecule has 1 aliphatic carbocycles.